The van der Waals surface area contributed by atoms with Crippen LogP contribution in [0.2, 0.25) is 0 Å². The summed E-state index contributed by atoms with van der Waals surface area (Å²) in [6, 6.07) is 0.361. The fourth-order valence-corrected chi connectivity index (χ4v) is 9.03. The smallest absolute Gasteiger partial charge is 0.220 e. The van der Waals surface area contributed by atoms with Gasteiger partial charge in [0, 0.05) is 12.5 Å². The van der Waals surface area contributed by atoms with Crippen molar-refractivity contribution in [3.63, 3.8) is 0 Å². The quantitative estimate of drug-likeness (QED) is 0.467. The molecular formula is C28H47NO. The zero-order valence-corrected chi connectivity index (χ0v) is 20.4. The van der Waals surface area contributed by atoms with Crippen LogP contribution >= 0.6 is 0 Å². The van der Waals surface area contributed by atoms with Crippen LogP contribution in [0.1, 0.15) is 98.8 Å². The lowest BCUT2D eigenvalue weighted by atomic mass is 9.44. The molecule has 4 aliphatic rings. The van der Waals surface area contributed by atoms with Gasteiger partial charge in [0.1, 0.15) is 0 Å². The monoisotopic (exact) mass is 413 g/mol. The number of piperidine rings is 1. The lowest BCUT2D eigenvalue weighted by Crippen LogP contribution is -2.63. The van der Waals surface area contributed by atoms with Gasteiger partial charge in [-0.25, -0.2) is 0 Å². The van der Waals surface area contributed by atoms with Crippen molar-refractivity contribution < 1.29 is 4.79 Å². The molecule has 0 bridgehead atoms. The number of hydrogen-bond donors (Lipinski definition) is 1. The average Bonchev–Trinajstić information content (AvgIpc) is 3.05. The molecule has 0 aromatic rings. The maximum Gasteiger partial charge on any atom is 0.220 e. The molecule has 1 heterocycles. The molecule has 1 saturated heterocycles. The molecular weight excluding hydrogens is 366 g/mol. The number of carbonyl (C=O) groups excluding carboxylic acids is 1. The molecule has 170 valence electrons. The summed E-state index contributed by atoms with van der Waals surface area (Å²) in [5.41, 5.74) is 0.807. The van der Waals surface area contributed by atoms with E-state index in [4.69, 9.17) is 0 Å². The number of hydrogen-bond acceptors (Lipinski definition) is 1. The van der Waals surface area contributed by atoms with E-state index in [1.54, 1.807) is 0 Å². The first-order chi connectivity index (χ1) is 14.2. The number of allylic oxidation sites excluding steroid dienone is 1. The summed E-state index contributed by atoms with van der Waals surface area (Å²) in [7, 11) is 0. The number of fused-ring (bicyclic) bond motifs is 5. The fourth-order valence-electron chi connectivity index (χ4n) is 9.03. The van der Waals surface area contributed by atoms with Crippen LogP contribution in [-0.4, -0.2) is 11.9 Å². The maximum atomic E-state index is 12.2. The highest BCUT2D eigenvalue weighted by atomic mass is 16.1. The van der Waals surface area contributed by atoms with Crippen LogP contribution < -0.4 is 5.32 Å². The van der Waals surface area contributed by atoms with Crippen LogP contribution in [0.5, 0.6) is 0 Å². The van der Waals surface area contributed by atoms with E-state index in [2.05, 4.69) is 52.6 Å². The number of rotatable bonds is 6. The minimum absolute atomic E-state index is 0.274. The van der Waals surface area contributed by atoms with Crippen LogP contribution in [0, 0.1) is 52.3 Å². The van der Waals surface area contributed by atoms with Gasteiger partial charge in [-0.2, -0.15) is 0 Å². The van der Waals surface area contributed by atoms with Crippen LogP contribution in [0.25, 0.3) is 0 Å². The van der Waals surface area contributed by atoms with Crippen molar-refractivity contribution in [2.24, 2.45) is 52.3 Å². The molecule has 0 spiro atoms. The Bertz CT molecular complexity index is 655. The Balaban J connectivity index is 1.55. The molecule has 0 aromatic carbocycles. The summed E-state index contributed by atoms with van der Waals surface area (Å²) >= 11 is 0. The third-order valence-corrected chi connectivity index (χ3v) is 10.7. The van der Waals surface area contributed by atoms with Crippen molar-refractivity contribution in [1.82, 2.24) is 5.32 Å². The van der Waals surface area contributed by atoms with Crippen molar-refractivity contribution in [3.8, 4) is 0 Å². The second kappa shape index (κ2) is 8.28. The molecule has 9 atom stereocenters. The van der Waals surface area contributed by atoms with Crippen molar-refractivity contribution in [2.45, 2.75) is 105 Å². The van der Waals surface area contributed by atoms with Gasteiger partial charge in [-0.15, -0.1) is 6.58 Å². The van der Waals surface area contributed by atoms with Crippen LogP contribution in [-0.2, 0) is 4.79 Å². The maximum absolute atomic E-state index is 12.2. The molecule has 1 N–H and O–H groups in total. The molecule has 2 nitrogen and oxygen atoms in total. The second-order valence-electron chi connectivity index (χ2n) is 12.6. The van der Waals surface area contributed by atoms with E-state index < -0.39 is 0 Å². The van der Waals surface area contributed by atoms with E-state index in [-0.39, 0.29) is 5.91 Å². The Kier molecular flexibility index (Phi) is 6.19. The van der Waals surface area contributed by atoms with Gasteiger partial charge in [0.25, 0.3) is 0 Å². The normalized spacial score (nSPS) is 46.5. The molecule has 0 radical (unpaired) electrons. The number of nitrogens with one attached hydrogen (secondary N) is 1. The highest BCUT2D eigenvalue weighted by Crippen LogP contribution is 2.68. The Morgan fingerprint density at radius 1 is 1.07 bits per heavy atom. The van der Waals surface area contributed by atoms with Gasteiger partial charge in [-0.1, -0.05) is 60.0 Å². The fraction of sp³-hybridized carbons (Fsp3) is 0.893. The zero-order valence-electron chi connectivity index (χ0n) is 20.4. The molecule has 3 aliphatic carbocycles. The predicted octanol–water partition coefficient (Wildman–Crippen LogP) is 7.00. The Morgan fingerprint density at radius 3 is 2.50 bits per heavy atom. The van der Waals surface area contributed by atoms with Gasteiger partial charge in [0.15, 0.2) is 0 Å². The molecule has 2 heteroatoms. The molecule has 4 fully saturated rings. The molecule has 4 rings (SSSR count). The van der Waals surface area contributed by atoms with Gasteiger partial charge in [-0.3, -0.25) is 4.79 Å². The minimum Gasteiger partial charge on any atom is -0.353 e. The second-order valence-corrected chi connectivity index (χ2v) is 12.6. The number of carbonyl (C=O) groups is 1. The van der Waals surface area contributed by atoms with E-state index in [0.29, 0.717) is 22.8 Å². The van der Waals surface area contributed by atoms with Crippen molar-refractivity contribution in [2.75, 3.05) is 0 Å². The van der Waals surface area contributed by atoms with Gasteiger partial charge in [-0.05, 0) is 90.8 Å². The highest BCUT2D eigenvalue weighted by Gasteiger charge is 2.62. The summed E-state index contributed by atoms with van der Waals surface area (Å²) in [6.45, 7) is 16.8. The number of amides is 1. The minimum atomic E-state index is 0.274. The first-order valence-electron chi connectivity index (χ1n) is 13.1. The third kappa shape index (κ3) is 3.58. The molecule has 8 unspecified atom stereocenters. The van der Waals surface area contributed by atoms with Crippen LogP contribution in [0.15, 0.2) is 12.7 Å². The van der Waals surface area contributed by atoms with Gasteiger partial charge < -0.3 is 5.32 Å². The molecule has 1 amide bonds. The largest absolute Gasteiger partial charge is 0.353 e. The van der Waals surface area contributed by atoms with Crippen molar-refractivity contribution in [3.05, 3.63) is 12.7 Å². The Hall–Kier alpha value is -0.790. The first-order valence-corrected chi connectivity index (χ1v) is 13.1. The summed E-state index contributed by atoms with van der Waals surface area (Å²) < 4.78 is 0. The predicted molar refractivity (Wildman–Crippen MR) is 126 cm³/mol. The highest BCUT2D eigenvalue weighted by molar-refractivity contribution is 5.77. The van der Waals surface area contributed by atoms with E-state index in [9.17, 15) is 4.79 Å². The molecule has 0 aromatic heterocycles. The average molecular weight is 414 g/mol. The SMILES string of the molecule is C=CC1CC2NC(=O)CC[C@]2(C)C2CCC3(C)C(C(C)CCCC(C)C)CCC3C12. The summed E-state index contributed by atoms with van der Waals surface area (Å²) in [5.74, 6) is 5.84. The Morgan fingerprint density at radius 2 is 1.80 bits per heavy atom. The molecule has 3 saturated carbocycles. The molecule has 1 aliphatic heterocycles. The van der Waals surface area contributed by atoms with E-state index in [0.717, 1.165) is 54.8 Å². The third-order valence-electron chi connectivity index (χ3n) is 10.7. The van der Waals surface area contributed by atoms with Crippen molar-refractivity contribution in [1.29, 1.82) is 0 Å². The molecule has 30 heavy (non-hydrogen) atoms. The van der Waals surface area contributed by atoms with E-state index in [1.165, 1.54) is 44.9 Å². The summed E-state index contributed by atoms with van der Waals surface area (Å²) in [5, 5.41) is 3.40. The Labute approximate surface area is 186 Å². The van der Waals surface area contributed by atoms with Crippen LogP contribution in [0.4, 0.5) is 0 Å². The standard InChI is InChI=1S/C28H47NO/c1-7-20-17-24-28(6,16-14-25(30)29-24)23-13-15-27(5)21(11-12-22(27)26(20)23)19(4)10-8-9-18(2)3/h7,18-24,26H,1,8-17H2,2-6H3,(H,29,30)/t19?,20?,21?,22?,23?,24?,26?,27?,28-/m1/s1. The van der Waals surface area contributed by atoms with E-state index >= 15 is 0 Å². The summed E-state index contributed by atoms with van der Waals surface area (Å²) in [6.07, 6.45) is 15.0. The van der Waals surface area contributed by atoms with Gasteiger partial charge in [0.05, 0.1) is 0 Å². The first kappa shape index (κ1) is 22.4. The van der Waals surface area contributed by atoms with Crippen LogP contribution in [0.3, 0.4) is 0 Å². The zero-order chi connectivity index (χ0) is 21.7. The van der Waals surface area contributed by atoms with E-state index in [1.807, 2.05) is 0 Å². The topological polar surface area (TPSA) is 29.1 Å². The van der Waals surface area contributed by atoms with Gasteiger partial charge in [0.2, 0.25) is 5.91 Å². The lowest BCUT2D eigenvalue weighted by Gasteiger charge is -2.62. The lowest BCUT2D eigenvalue weighted by molar-refractivity contribution is -0.142. The van der Waals surface area contributed by atoms with Crippen molar-refractivity contribution >= 4 is 5.91 Å². The van der Waals surface area contributed by atoms with Gasteiger partial charge >= 0.3 is 0 Å². The summed E-state index contributed by atoms with van der Waals surface area (Å²) in [4.78, 5) is 12.2.